The van der Waals surface area contributed by atoms with Crippen LogP contribution in [0.5, 0.6) is 5.75 Å². The van der Waals surface area contributed by atoms with E-state index in [4.69, 9.17) is 9.26 Å². The van der Waals surface area contributed by atoms with Crippen molar-refractivity contribution in [2.24, 2.45) is 0 Å². The number of hydrogen-bond acceptors (Lipinski definition) is 7. The van der Waals surface area contributed by atoms with Gasteiger partial charge in [0, 0.05) is 12.1 Å². The van der Waals surface area contributed by atoms with Crippen molar-refractivity contribution in [1.29, 1.82) is 0 Å². The minimum Gasteiger partial charge on any atom is -0.496 e. The number of carbonyl (C=O) groups is 1. The molecule has 3 rings (SSSR count). The van der Waals surface area contributed by atoms with Crippen molar-refractivity contribution in [1.82, 2.24) is 20.2 Å². The highest BCUT2D eigenvalue weighted by Gasteiger charge is 2.20. The van der Waals surface area contributed by atoms with E-state index in [1.807, 2.05) is 30.3 Å². The van der Waals surface area contributed by atoms with Crippen molar-refractivity contribution in [3.05, 3.63) is 60.0 Å². The first kappa shape index (κ1) is 20.5. The first-order valence-electron chi connectivity index (χ1n) is 8.78. The third-order valence-electron chi connectivity index (χ3n) is 3.98. The summed E-state index contributed by atoms with van der Waals surface area (Å²) in [5, 5.41) is 6.47. The van der Waals surface area contributed by atoms with E-state index >= 15 is 0 Å². The van der Waals surface area contributed by atoms with Gasteiger partial charge in [0.2, 0.25) is 21.7 Å². The lowest BCUT2D eigenvalue weighted by molar-refractivity contribution is 0.0952. The molecule has 2 aromatic carbocycles. The molecule has 10 heteroatoms. The normalized spacial score (nSPS) is 11.2. The molecule has 0 atom stereocenters. The van der Waals surface area contributed by atoms with Gasteiger partial charge in [-0.05, 0) is 25.1 Å². The molecule has 3 aromatic rings. The Balaban J connectivity index is 1.77. The molecule has 0 fully saturated rings. The summed E-state index contributed by atoms with van der Waals surface area (Å²) in [5.41, 5.74) is 0.883. The van der Waals surface area contributed by atoms with Crippen LogP contribution in [-0.2, 0) is 16.6 Å². The molecular weight excluding hydrogens is 396 g/mol. The molecule has 0 spiro atoms. The molecule has 9 nitrogen and oxygen atoms in total. The number of hydrogen-bond donors (Lipinski definition) is 2. The van der Waals surface area contributed by atoms with E-state index in [1.54, 1.807) is 6.92 Å². The van der Waals surface area contributed by atoms with Gasteiger partial charge >= 0.3 is 0 Å². The van der Waals surface area contributed by atoms with Crippen molar-refractivity contribution in [3.63, 3.8) is 0 Å². The first-order valence-corrected chi connectivity index (χ1v) is 10.3. The molecule has 1 aromatic heterocycles. The van der Waals surface area contributed by atoms with Gasteiger partial charge in [0.05, 0.1) is 24.1 Å². The highest BCUT2D eigenvalue weighted by Crippen LogP contribution is 2.23. The highest BCUT2D eigenvalue weighted by atomic mass is 32.2. The molecule has 0 radical (unpaired) electrons. The molecule has 0 aliphatic heterocycles. The smallest absolute Gasteiger partial charge is 0.255 e. The fourth-order valence-corrected chi connectivity index (χ4v) is 3.56. The summed E-state index contributed by atoms with van der Waals surface area (Å²) < 4.78 is 37.9. The summed E-state index contributed by atoms with van der Waals surface area (Å²) in [5.74, 6) is 0.331. The molecule has 0 bridgehead atoms. The Morgan fingerprint density at radius 3 is 2.62 bits per heavy atom. The Bertz CT molecular complexity index is 1100. The van der Waals surface area contributed by atoms with Crippen molar-refractivity contribution in [3.8, 4) is 17.1 Å². The molecule has 0 unspecified atom stereocenters. The summed E-state index contributed by atoms with van der Waals surface area (Å²) in [6, 6.07) is 13.2. The van der Waals surface area contributed by atoms with E-state index in [0.29, 0.717) is 12.4 Å². The van der Waals surface area contributed by atoms with Gasteiger partial charge in [-0.25, -0.2) is 13.1 Å². The van der Waals surface area contributed by atoms with Gasteiger partial charge in [0.25, 0.3) is 5.91 Å². The maximum absolute atomic E-state index is 12.6. The Labute approximate surface area is 168 Å². The highest BCUT2D eigenvalue weighted by molar-refractivity contribution is 7.89. The predicted molar refractivity (Wildman–Crippen MR) is 105 cm³/mol. The molecule has 2 N–H and O–H groups in total. The number of nitrogens with one attached hydrogen (secondary N) is 2. The topological polar surface area (TPSA) is 123 Å². The minimum absolute atomic E-state index is 0.0812. The van der Waals surface area contributed by atoms with Crippen LogP contribution in [0.25, 0.3) is 11.4 Å². The number of rotatable bonds is 8. The maximum atomic E-state index is 12.6. The third kappa shape index (κ3) is 4.79. The zero-order valence-corrected chi connectivity index (χ0v) is 16.7. The molecule has 29 heavy (non-hydrogen) atoms. The summed E-state index contributed by atoms with van der Waals surface area (Å²) in [7, 11) is -2.52. The summed E-state index contributed by atoms with van der Waals surface area (Å²) in [6.45, 7) is 1.98. The lowest BCUT2D eigenvalue weighted by Gasteiger charge is -2.11. The fourth-order valence-electron chi connectivity index (χ4n) is 2.56. The summed E-state index contributed by atoms with van der Waals surface area (Å²) >= 11 is 0. The molecule has 1 heterocycles. The molecule has 0 saturated carbocycles. The molecule has 0 saturated heterocycles. The number of carbonyl (C=O) groups excluding carboxylic acids is 1. The van der Waals surface area contributed by atoms with Crippen LogP contribution in [0.3, 0.4) is 0 Å². The van der Waals surface area contributed by atoms with Crippen molar-refractivity contribution in [2.45, 2.75) is 18.4 Å². The number of benzene rings is 2. The quantitative estimate of drug-likeness (QED) is 0.575. The lowest BCUT2D eigenvalue weighted by Crippen LogP contribution is -2.26. The van der Waals surface area contributed by atoms with Gasteiger partial charge in [-0.2, -0.15) is 4.98 Å². The standard InChI is InChI=1S/C19H20N4O5S/c1-3-20-19(24)15-11-14(9-10-16(15)27-2)29(25,26)21-12-17-22-18(23-28-17)13-7-5-4-6-8-13/h4-11,21H,3,12H2,1-2H3,(H,20,24). The van der Waals surface area contributed by atoms with Gasteiger partial charge in [-0.1, -0.05) is 35.5 Å². The average Bonchev–Trinajstić information content (AvgIpc) is 3.22. The number of nitrogens with zero attached hydrogens (tertiary/aromatic N) is 2. The van der Waals surface area contributed by atoms with Gasteiger partial charge in [0.1, 0.15) is 5.75 Å². The van der Waals surface area contributed by atoms with E-state index in [1.165, 1.54) is 25.3 Å². The van der Waals surface area contributed by atoms with Gasteiger partial charge in [-0.3, -0.25) is 4.79 Å². The first-order chi connectivity index (χ1) is 13.9. The average molecular weight is 416 g/mol. The number of methoxy groups -OCH3 is 1. The monoisotopic (exact) mass is 416 g/mol. The SMILES string of the molecule is CCNC(=O)c1cc(S(=O)(=O)NCc2nc(-c3ccccc3)no2)ccc1OC. The zero-order chi connectivity index (χ0) is 20.9. The largest absolute Gasteiger partial charge is 0.496 e. The van der Waals surface area contributed by atoms with Crippen LogP contribution < -0.4 is 14.8 Å². The number of amides is 1. The van der Waals surface area contributed by atoms with Crippen molar-refractivity contribution < 1.29 is 22.5 Å². The molecule has 1 amide bonds. The predicted octanol–water partition coefficient (Wildman–Crippen LogP) is 1.97. The van der Waals surface area contributed by atoms with E-state index in [9.17, 15) is 13.2 Å². The van der Waals surface area contributed by atoms with E-state index in [2.05, 4.69) is 20.2 Å². The molecular formula is C19H20N4O5S. The second-order valence-corrected chi connectivity index (χ2v) is 7.69. The Morgan fingerprint density at radius 1 is 1.17 bits per heavy atom. The minimum atomic E-state index is -3.92. The van der Waals surface area contributed by atoms with E-state index < -0.39 is 15.9 Å². The van der Waals surface area contributed by atoms with Crippen LogP contribution in [0, 0.1) is 0 Å². The number of aromatic nitrogens is 2. The number of ether oxygens (including phenoxy) is 1. The fraction of sp³-hybridized carbons (Fsp3) is 0.211. The molecule has 152 valence electrons. The second-order valence-electron chi connectivity index (χ2n) is 5.92. The van der Waals surface area contributed by atoms with E-state index in [0.717, 1.165) is 5.56 Å². The van der Waals surface area contributed by atoms with Gasteiger partial charge in [0.15, 0.2) is 0 Å². The maximum Gasteiger partial charge on any atom is 0.255 e. The van der Waals surface area contributed by atoms with Crippen molar-refractivity contribution >= 4 is 15.9 Å². The van der Waals surface area contributed by atoms with Crippen LogP contribution in [0.1, 0.15) is 23.2 Å². The molecule has 0 aliphatic carbocycles. The Kier molecular flexibility index (Phi) is 6.25. The van der Waals surface area contributed by atoms with Crippen LogP contribution in [0.2, 0.25) is 0 Å². The Hall–Kier alpha value is -3.24. The van der Waals surface area contributed by atoms with Crippen LogP contribution >= 0.6 is 0 Å². The van der Waals surface area contributed by atoms with E-state index in [-0.39, 0.29) is 28.6 Å². The van der Waals surface area contributed by atoms with Crippen LogP contribution in [-0.4, -0.2) is 38.1 Å². The number of sulfonamides is 1. The zero-order valence-electron chi connectivity index (χ0n) is 15.9. The Morgan fingerprint density at radius 2 is 1.93 bits per heavy atom. The third-order valence-corrected chi connectivity index (χ3v) is 5.38. The van der Waals surface area contributed by atoms with Gasteiger partial charge in [-0.15, -0.1) is 0 Å². The summed E-state index contributed by atoms with van der Waals surface area (Å²) in [6.07, 6.45) is 0. The second kappa shape index (κ2) is 8.84. The van der Waals surface area contributed by atoms with Crippen molar-refractivity contribution in [2.75, 3.05) is 13.7 Å². The molecule has 0 aliphatic rings. The lowest BCUT2D eigenvalue weighted by atomic mass is 10.2. The van der Waals surface area contributed by atoms with Crippen LogP contribution in [0.4, 0.5) is 0 Å². The summed E-state index contributed by atoms with van der Waals surface area (Å²) in [4.78, 5) is 16.3. The van der Waals surface area contributed by atoms with Crippen LogP contribution in [0.15, 0.2) is 57.9 Å². The van der Waals surface area contributed by atoms with Gasteiger partial charge < -0.3 is 14.6 Å².